The molecule has 0 heterocycles. The lowest BCUT2D eigenvalue weighted by molar-refractivity contribution is 0.340. The van der Waals surface area contributed by atoms with Crippen LogP contribution in [-0.4, -0.2) is 13.2 Å². The van der Waals surface area contributed by atoms with E-state index in [4.69, 9.17) is 10.5 Å². The molecule has 0 amide bonds. The zero-order valence-electron chi connectivity index (χ0n) is 10.0. The number of hydrogen-bond donors (Lipinski definition) is 2. The maximum Gasteiger partial charge on any atom is 0.123 e. The Morgan fingerprint density at radius 3 is 2.75 bits per heavy atom. The number of hydrogen-bond acceptors (Lipinski definition) is 3. The summed E-state index contributed by atoms with van der Waals surface area (Å²) in [6.07, 6.45) is 2.64. The number of nitrogens with one attached hydrogen (secondary N) is 1. The summed E-state index contributed by atoms with van der Waals surface area (Å²) in [4.78, 5) is 0. The molecule has 0 aliphatic heterocycles. The lowest BCUT2D eigenvalue weighted by atomic mass is 10.1. The van der Waals surface area contributed by atoms with E-state index < -0.39 is 0 Å². The van der Waals surface area contributed by atoms with Crippen LogP contribution in [0.15, 0.2) is 18.2 Å². The SMILES string of the molecule is CCOc1cc(N)cc(NCC2(C)CC2)c1. The van der Waals surface area contributed by atoms with E-state index in [1.54, 1.807) is 0 Å². The van der Waals surface area contributed by atoms with Crippen molar-refractivity contribution < 1.29 is 4.74 Å². The standard InChI is InChI=1S/C13H20N2O/c1-3-16-12-7-10(14)6-11(8-12)15-9-13(2)4-5-13/h6-8,15H,3-5,9,14H2,1-2H3. The molecule has 0 atom stereocenters. The molecule has 0 bridgehead atoms. The molecule has 2 rings (SSSR count). The van der Waals surface area contributed by atoms with Crippen LogP contribution in [0.1, 0.15) is 26.7 Å². The van der Waals surface area contributed by atoms with Crippen molar-refractivity contribution in [3.05, 3.63) is 18.2 Å². The van der Waals surface area contributed by atoms with E-state index in [0.29, 0.717) is 12.0 Å². The van der Waals surface area contributed by atoms with Crippen molar-refractivity contribution >= 4 is 11.4 Å². The van der Waals surface area contributed by atoms with Gasteiger partial charge in [0.25, 0.3) is 0 Å². The predicted molar refractivity (Wildman–Crippen MR) is 67.9 cm³/mol. The molecule has 0 aromatic heterocycles. The number of anilines is 2. The van der Waals surface area contributed by atoms with Crippen LogP contribution in [0.4, 0.5) is 11.4 Å². The van der Waals surface area contributed by atoms with E-state index in [-0.39, 0.29) is 0 Å². The second-order valence-corrected chi connectivity index (χ2v) is 4.89. The highest BCUT2D eigenvalue weighted by Crippen LogP contribution is 2.44. The van der Waals surface area contributed by atoms with Gasteiger partial charge in [-0.1, -0.05) is 6.92 Å². The summed E-state index contributed by atoms with van der Waals surface area (Å²) in [5, 5.41) is 3.43. The average molecular weight is 220 g/mol. The zero-order chi connectivity index (χ0) is 11.6. The van der Waals surface area contributed by atoms with Crippen LogP contribution in [0.5, 0.6) is 5.75 Å². The number of nitrogens with two attached hydrogens (primary N) is 1. The van der Waals surface area contributed by atoms with Gasteiger partial charge in [-0.05, 0) is 31.2 Å². The smallest absolute Gasteiger partial charge is 0.123 e. The van der Waals surface area contributed by atoms with Gasteiger partial charge >= 0.3 is 0 Å². The molecular weight excluding hydrogens is 200 g/mol. The zero-order valence-corrected chi connectivity index (χ0v) is 10.0. The Morgan fingerprint density at radius 2 is 2.12 bits per heavy atom. The summed E-state index contributed by atoms with van der Waals surface area (Å²) in [6, 6.07) is 5.81. The quantitative estimate of drug-likeness (QED) is 0.750. The van der Waals surface area contributed by atoms with Gasteiger partial charge in [-0.3, -0.25) is 0 Å². The molecule has 1 aliphatic rings. The second kappa shape index (κ2) is 4.24. The van der Waals surface area contributed by atoms with Gasteiger partial charge in [0.05, 0.1) is 6.61 Å². The average Bonchev–Trinajstić information content (AvgIpc) is 2.94. The van der Waals surface area contributed by atoms with Crippen molar-refractivity contribution in [2.24, 2.45) is 5.41 Å². The van der Waals surface area contributed by atoms with Gasteiger partial charge in [-0.2, -0.15) is 0 Å². The number of ether oxygens (including phenoxy) is 1. The van der Waals surface area contributed by atoms with Crippen LogP contribution in [-0.2, 0) is 0 Å². The largest absolute Gasteiger partial charge is 0.494 e. The minimum atomic E-state index is 0.496. The first-order valence-corrected chi connectivity index (χ1v) is 5.88. The molecule has 1 saturated carbocycles. The summed E-state index contributed by atoms with van der Waals surface area (Å²) in [5.41, 5.74) is 8.12. The van der Waals surface area contributed by atoms with E-state index in [9.17, 15) is 0 Å². The fourth-order valence-corrected chi connectivity index (χ4v) is 1.68. The van der Waals surface area contributed by atoms with Gasteiger partial charge in [-0.15, -0.1) is 0 Å². The first kappa shape index (κ1) is 11.1. The summed E-state index contributed by atoms with van der Waals surface area (Å²) in [5.74, 6) is 0.839. The third-order valence-corrected chi connectivity index (χ3v) is 3.06. The van der Waals surface area contributed by atoms with E-state index in [2.05, 4.69) is 12.2 Å². The normalized spacial score (nSPS) is 16.9. The summed E-state index contributed by atoms with van der Waals surface area (Å²) < 4.78 is 5.45. The first-order chi connectivity index (χ1) is 7.61. The van der Waals surface area contributed by atoms with Gasteiger partial charge in [-0.25, -0.2) is 0 Å². The second-order valence-electron chi connectivity index (χ2n) is 4.89. The maximum atomic E-state index is 5.82. The maximum absolute atomic E-state index is 5.82. The summed E-state index contributed by atoms with van der Waals surface area (Å²) in [7, 11) is 0. The highest BCUT2D eigenvalue weighted by Gasteiger charge is 2.36. The lowest BCUT2D eigenvalue weighted by Gasteiger charge is -2.13. The highest BCUT2D eigenvalue weighted by atomic mass is 16.5. The van der Waals surface area contributed by atoms with Gasteiger partial charge in [0.1, 0.15) is 5.75 Å². The highest BCUT2D eigenvalue weighted by molar-refractivity contribution is 5.59. The lowest BCUT2D eigenvalue weighted by Crippen LogP contribution is -2.11. The Labute approximate surface area is 97.0 Å². The Balaban J connectivity index is 2.01. The molecule has 0 saturated heterocycles. The Kier molecular flexibility index (Phi) is 2.95. The van der Waals surface area contributed by atoms with Crippen molar-refractivity contribution in [2.45, 2.75) is 26.7 Å². The van der Waals surface area contributed by atoms with Gasteiger partial charge < -0.3 is 15.8 Å². The third-order valence-electron chi connectivity index (χ3n) is 3.06. The van der Waals surface area contributed by atoms with Gasteiger partial charge in [0, 0.05) is 30.1 Å². The Morgan fingerprint density at radius 1 is 1.38 bits per heavy atom. The van der Waals surface area contributed by atoms with E-state index in [0.717, 1.165) is 23.7 Å². The fraction of sp³-hybridized carbons (Fsp3) is 0.538. The predicted octanol–water partition coefficient (Wildman–Crippen LogP) is 2.88. The molecule has 16 heavy (non-hydrogen) atoms. The third kappa shape index (κ3) is 2.81. The molecule has 3 N–H and O–H groups in total. The van der Waals surface area contributed by atoms with Gasteiger partial charge in [0.15, 0.2) is 0 Å². The molecule has 88 valence electrons. The van der Waals surface area contributed by atoms with E-state index in [1.165, 1.54) is 12.8 Å². The fourth-order valence-electron chi connectivity index (χ4n) is 1.68. The first-order valence-electron chi connectivity index (χ1n) is 5.88. The number of benzene rings is 1. The Bertz CT molecular complexity index is 372. The van der Waals surface area contributed by atoms with Crippen molar-refractivity contribution in [3.63, 3.8) is 0 Å². The van der Waals surface area contributed by atoms with Crippen molar-refractivity contribution in [1.82, 2.24) is 0 Å². The van der Waals surface area contributed by atoms with Crippen LogP contribution in [0.2, 0.25) is 0 Å². The summed E-state index contributed by atoms with van der Waals surface area (Å²) >= 11 is 0. The summed E-state index contributed by atoms with van der Waals surface area (Å²) in [6.45, 7) is 5.96. The monoisotopic (exact) mass is 220 g/mol. The molecule has 3 heteroatoms. The van der Waals surface area contributed by atoms with Gasteiger partial charge in [0.2, 0.25) is 0 Å². The molecule has 1 aliphatic carbocycles. The van der Waals surface area contributed by atoms with Crippen LogP contribution < -0.4 is 15.8 Å². The molecule has 1 aromatic rings. The molecule has 0 radical (unpaired) electrons. The minimum absolute atomic E-state index is 0.496. The van der Waals surface area contributed by atoms with Crippen LogP contribution in [0.25, 0.3) is 0 Å². The molecule has 1 fully saturated rings. The van der Waals surface area contributed by atoms with Crippen LogP contribution in [0, 0.1) is 5.41 Å². The molecular formula is C13H20N2O. The van der Waals surface area contributed by atoms with Crippen LogP contribution >= 0.6 is 0 Å². The van der Waals surface area contributed by atoms with Crippen molar-refractivity contribution in [2.75, 3.05) is 24.2 Å². The van der Waals surface area contributed by atoms with Crippen molar-refractivity contribution in [1.29, 1.82) is 0 Å². The van der Waals surface area contributed by atoms with Crippen molar-refractivity contribution in [3.8, 4) is 5.75 Å². The molecule has 3 nitrogen and oxygen atoms in total. The minimum Gasteiger partial charge on any atom is -0.494 e. The van der Waals surface area contributed by atoms with Crippen LogP contribution in [0.3, 0.4) is 0 Å². The van der Waals surface area contributed by atoms with E-state index in [1.807, 2.05) is 25.1 Å². The molecule has 0 unspecified atom stereocenters. The molecule has 1 aromatic carbocycles. The van der Waals surface area contributed by atoms with E-state index >= 15 is 0 Å². The Hall–Kier alpha value is -1.38. The topological polar surface area (TPSA) is 47.3 Å². The molecule has 0 spiro atoms. The number of rotatable bonds is 5. The number of nitrogen functional groups attached to an aromatic ring is 1.